The molecule has 1 saturated heterocycles. The van der Waals surface area contributed by atoms with Gasteiger partial charge in [-0.3, -0.25) is 9.88 Å². The molecule has 130 valence electrons. The highest BCUT2D eigenvalue weighted by Crippen LogP contribution is 2.26. The van der Waals surface area contributed by atoms with E-state index in [1.54, 1.807) is 6.33 Å². The van der Waals surface area contributed by atoms with E-state index in [1.807, 2.05) is 29.1 Å². The Labute approximate surface area is 147 Å². The Balaban J connectivity index is 1.48. The SMILES string of the molecule is CCn1ncnc1CN1C[C@@H](Cc2ccnc3ccccc23)[C@@H](O)C1. The predicted octanol–water partition coefficient (Wildman–Crippen LogP) is 1.88. The van der Waals surface area contributed by atoms with E-state index in [1.165, 1.54) is 10.9 Å². The molecule has 3 heterocycles. The molecular weight excluding hydrogens is 314 g/mol. The Morgan fingerprint density at radius 1 is 1.16 bits per heavy atom. The van der Waals surface area contributed by atoms with E-state index in [9.17, 15) is 5.11 Å². The molecule has 0 saturated carbocycles. The van der Waals surface area contributed by atoms with Crippen molar-refractivity contribution in [1.29, 1.82) is 0 Å². The number of β-amino-alcohol motifs (C(OH)–C–C–N with tert-alkyl or cyclic N) is 1. The number of nitrogens with zero attached hydrogens (tertiary/aromatic N) is 5. The normalized spacial score (nSPS) is 21.2. The van der Waals surface area contributed by atoms with Crippen molar-refractivity contribution in [1.82, 2.24) is 24.6 Å². The molecule has 6 heteroatoms. The lowest BCUT2D eigenvalue weighted by molar-refractivity contribution is 0.140. The summed E-state index contributed by atoms with van der Waals surface area (Å²) >= 11 is 0. The van der Waals surface area contributed by atoms with Crippen molar-refractivity contribution in [3.8, 4) is 0 Å². The Morgan fingerprint density at radius 3 is 2.92 bits per heavy atom. The summed E-state index contributed by atoms with van der Waals surface area (Å²) in [6, 6.07) is 10.3. The molecule has 3 aromatic rings. The van der Waals surface area contributed by atoms with Gasteiger partial charge in [0.05, 0.1) is 18.2 Å². The van der Waals surface area contributed by atoms with E-state index in [0.29, 0.717) is 6.54 Å². The Kier molecular flexibility index (Phi) is 4.46. The van der Waals surface area contributed by atoms with Crippen LogP contribution in [0.3, 0.4) is 0 Å². The van der Waals surface area contributed by atoms with E-state index in [2.05, 4.69) is 39.0 Å². The summed E-state index contributed by atoms with van der Waals surface area (Å²) < 4.78 is 1.91. The minimum Gasteiger partial charge on any atom is -0.391 e. The number of hydrogen-bond donors (Lipinski definition) is 1. The van der Waals surface area contributed by atoms with E-state index < -0.39 is 0 Å². The quantitative estimate of drug-likeness (QED) is 0.770. The van der Waals surface area contributed by atoms with Crippen LogP contribution in [0, 0.1) is 5.92 Å². The largest absolute Gasteiger partial charge is 0.391 e. The number of benzene rings is 1. The van der Waals surface area contributed by atoms with Crippen LogP contribution in [0.25, 0.3) is 10.9 Å². The lowest BCUT2D eigenvalue weighted by atomic mass is 9.94. The van der Waals surface area contributed by atoms with Crippen LogP contribution in [-0.2, 0) is 19.5 Å². The maximum absolute atomic E-state index is 10.5. The highest BCUT2D eigenvalue weighted by molar-refractivity contribution is 5.81. The summed E-state index contributed by atoms with van der Waals surface area (Å²) in [7, 11) is 0. The maximum Gasteiger partial charge on any atom is 0.140 e. The third kappa shape index (κ3) is 3.27. The van der Waals surface area contributed by atoms with Gasteiger partial charge in [0.15, 0.2) is 0 Å². The molecule has 0 spiro atoms. The van der Waals surface area contributed by atoms with E-state index in [0.717, 1.165) is 37.4 Å². The molecule has 0 bridgehead atoms. The number of para-hydroxylation sites is 1. The van der Waals surface area contributed by atoms with Crippen molar-refractivity contribution < 1.29 is 5.11 Å². The first-order valence-corrected chi connectivity index (χ1v) is 8.84. The van der Waals surface area contributed by atoms with Crippen molar-refractivity contribution >= 4 is 10.9 Å². The standard InChI is InChI=1S/C19H23N5O/c1-2-24-19(21-13-22-24)12-23-10-15(18(25)11-23)9-14-7-8-20-17-6-4-3-5-16(14)17/h3-8,13,15,18,25H,2,9-12H2,1H3/t15-,18+/m1/s1. The zero-order chi connectivity index (χ0) is 17.2. The molecule has 1 aromatic carbocycles. The van der Waals surface area contributed by atoms with Crippen molar-refractivity contribution in [3.63, 3.8) is 0 Å². The molecule has 1 fully saturated rings. The topological polar surface area (TPSA) is 67.1 Å². The fourth-order valence-electron chi connectivity index (χ4n) is 3.76. The molecule has 4 rings (SSSR count). The maximum atomic E-state index is 10.5. The summed E-state index contributed by atoms with van der Waals surface area (Å²) in [6.45, 7) is 5.17. The minimum atomic E-state index is -0.315. The highest BCUT2D eigenvalue weighted by Gasteiger charge is 2.32. The molecule has 0 aliphatic carbocycles. The van der Waals surface area contributed by atoms with Gasteiger partial charge in [0.25, 0.3) is 0 Å². The van der Waals surface area contributed by atoms with Crippen molar-refractivity contribution in [3.05, 3.63) is 54.2 Å². The van der Waals surface area contributed by atoms with Gasteiger partial charge in [-0.1, -0.05) is 18.2 Å². The smallest absolute Gasteiger partial charge is 0.140 e. The summed E-state index contributed by atoms with van der Waals surface area (Å²) in [4.78, 5) is 11.0. The third-order valence-electron chi connectivity index (χ3n) is 5.06. The molecule has 0 amide bonds. The lowest BCUT2D eigenvalue weighted by Crippen LogP contribution is -2.23. The molecule has 0 unspecified atom stereocenters. The average molecular weight is 337 g/mol. The molecule has 6 nitrogen and oxygen atoms in total. The number of fused-ring (bicyclic) bond motifs is 1. The first-order chi connectivity index (χ1) is 12.2. The lowest BCUT2D eigenvalue weighted by Gasteiger charge is -2.16. The van der Waals surface area contributed by atoms with Crippen LogP contribution in [0.2, 0.25) is 0 Å². The summed E-state index contributed by atoms with van der Waals surface area (Å²) in [5.41, 5.74) is 2.27. The zero-order valence-corrected chi connectivity index (χ0v) is 14.4. The molecule has 25 heavy (non-hydrogen) atoms. The van der Waals surface area contributed by atoms with Gasteiger partial charge in [-0.25, -0.2) is 9.67 Å². The summed E-state index contributed by atoms with van der Waals surface area (Å²) in [5.74, 6) is 1.19. The molecule has 1 aliphatic rings. The van der Waals surface area contributed by atoms with Crippen LogP contribution < -0.4 is 0 Å². The van der Waals surface area contributed by atoms with Crippen molar-refractivity contribution in [2.24, 2.45) is 5.92 Å². The van der Waals surface area contributed by atoms with Gasteiger partial charge in [0, 0.05) is 37.1 Å². The second kappa shape index (κ2) is 6.90. The average Bonchev–Trinajstić information content (AvgIpc) is 3.22. The third-order valence-corrected chi connectivity index (χ3v) is 5.06. The summed E-state index contributed by atoms with van der Waals surface area (Å²) in [6.07, 6.45) is 4.01. The minimum absolute atomic E-state index is 0.226. The Morgan fingerprint density at radius 2 is 2.04 bits per heavy atom. The van der Waals surface area contributed by atoms with Crippen LogP contribution >= 0.6 is 0 Å². The number of likely N-dealkylation sites (tertiary alicyclic amines) is 1. The number of aliphatic hydroxyl groups is 1. The predicted molar refractivity (Wildman–Crippen MR) is 95.9 cm³/mol. The van der Waals surface area contributed by atoms with E-state index in [4.69, 9.17) is 0 Å². The number of pyridine rings is 1. The second-order valence-electron chi connectivity index (χ2n) is 6.70. The molecule has 1 N–H and O–H groups in total. The van der Waals surface area contributed by atoms with Crippen molar-refractivity contribution in [2.45, 2.75) is 32.5 Å². The van der Waals surface area contributed by atoms with Gasteiger partial charge < -0.3 is 5.11 Å². The number of hydrogen-bond acceptors (Lipinski definition) is 5. The second-order valence-corrected chi connectivity index (χ2v) is 6.70. The van der Waals surface area contributed by atoms with E-state index in [-0.39, 0.29) is 12.0 Å². The van der Waals surface area contributed by atoms with Gasteiger partial charge in [0.1, 0.15) is 12.2 Å². The van der Waals surface area contributed by atoms with Gasteiger partial charge in [-0.2, -0.15) is 5.10 Å². The first-order valence-electron chi connectivity index (χ1n) is 8.84. The van der Waals surface area contributed by atoms with Crippen LogP contribution in [-0.4, -0.2) is 48.9 Å². The number of aryl methyl sites for hydroxylation is 1. The van der Waals surface area contributed by atoms with Gasteiger partial charge in [-0.05, 0) is 31.0 Å². The van der Waals surface area contributed by atoms with Crippen LogP contribution in [0.4, 0.5) is 0 Å². The van der Waals surface area contributed by atoms with Gasteiger partial charge in [0.2, 0.25) is 0 Å². The molecule has 2 aromatic heterocycles. The van der Waals surface area contributed by atoms with Crippen molar-refractivity contribution in [2.75, 3.05) is 13.1 Å². The molecular formula is C19H23N5O. The Hall–Kier alpha value is -2.31. The summed E-state index contributed by atoms with van der Waals surface area (Å²) in [5, 5.41) is 16.0. The van der Waals surface area contributed by atoms with Crippen LogP contribution in [0.5, 0.6) is 0 Å². The number of aromatic nitrogens is 4. The first kappa shape index (κ1) is 16.2. The van der Waals surface area contributed by atoms with E-state index >= 15 is 0 Å². The zero-order valence-electron chi connectivity index (χ0n) is 14.4. The Bertz CT molecular complexity index is 856. The fourth-order valence-corrected chi connectivity index (χ4v) is 3.76. The van der Waals surface area contributed by atoms with Crippen LogP contribution in [0.1, 0.15) is 18.3 Å². The molecule has 0 radical (unpaired) electrons. The number of rotatable bonds is 5. The van der Waals surface area contributed by atoms with Gasteiger partial charge >= 0.3 is 0 Å². The highest BCUT2D eigenvalue weighted by atomic mass is 16.3. The fraction of sp³-hybridized carbons (Fsp3) is 0.421. The monoisotopic (exact) mass is 337 g/mol. The number of aliphatic hydroxyl groups excluding tert-OH is 1. The molecule has 2 atom stereocenters. The van der Waals surface area contributed by atoms with Gasteiger partial charge in [-0.15, -0.1) is 0 Å². The van der Waals surface area contributed by atoms with Crippen LogP contribution in [0.15, 0.2) is 42.9 Å². The molecule has 1 aliphatic heterocycles.